The number of hydrogen-bond donors (Lipinski definition) is 3. The number of rotatable bonds is 48. The van der Waals surface area contributed by atoms with Crippen LogP contribution in [0.5, 0.6) is 0 Å². The van der Waals surface area contributed by atoms with Crippen LogP contribution in [0, 0.1) is 0 Å². The molecule has 0 aliphatic rings. The van der Waals surface area contributed by atoms with E-state index in [1.54, 1.807) is 0 Å². The number of aliphatic hydroxyl groups is 1. The number of aliphatic hydroxyl groups excluding tert-OH is 1. The van der Waals surface area contributed by atoms with Gasteiger partial charge >= 0.3 is 13.8 Å². The lowest BCUT2D eigenvalue weighted by molar-refractivity contribution is -0.147. The topological polar surface area (TPSA) is 131 Å². The van der Waals surface area contributed by atoms with Gasteiger partial charge in [-0.05, 0) is 51.4 Å². The molecule has 10 heteroatoms. The summed E-state index contributed by atoms with van der Waals surface area (Å²) in [6.45, 7) is 3.38. The molecule has 2 unspecified atom stereocenters. The lowest BCUT2D eigenvalue weighted by Gasteiger charge is -2.15. The third kappa shape index (κ3) is 50.4. The fraction of sp³-hybridized carbons (Fsp3) is 0.741. The summed E-state index contributed by atoms with van der Waals surface area (Å²) in [6, 6.07) is 0. The highest BCUT2D eigenvalue weighted by molar-refractivity contribution is 7.47. The quantitative estimate of drug-likeness (QED) is 0.0238. The predicted molar refractivity (Wildman–Crippen MR) is 270 cm³/mol. The Labute approximate surface area is 392 Å². The lowest BCUT2D eigenvalue weighted by Crippen LogP contribution is -2.27. The van der Waals surface area contributed by atoms with Gasteiger partial charge in [0.15, 0.2) is 0 Å². The van der Waals surface area contributed by atoms with Crippen LogP contribution in [0.4, 0.5) is 0 Å². The molecule has 0 aliphatic carbocycles. The molecular formula is C54H96NO8P. The minimum atomic E-state index is -4.44. The first kappa shape index (κ1) is 61.5. The molecule has 0 radical (unpaired) electrons. The summed E-state index contributed by atoms with van der Waals surface area (Å²) in [7, 11) is -4.44. The van der Waals surface area contributed by atoms with Crippen LogP contribution in [0.25, 0.3) is 0 Å². The third-order valence-corrected chi connectivity index (χ3v) is 11.9. The minimum absolute atomic E-state index is 0.0725. The number of carbonyl (C=O) groups is 2. The molecule has 1 amide bonds. The number of phosphoric acid groups is 1. The van der Waals surface area contributed by atoms with Gasteiger partial charge in [0.1, 0.15) is 12.7 Å². The molecule has 0 bridgehead atoms. The van der Waals surface area contributed by atoms with Crippen molar-refractivity contribution in [3.05, 3.63) is 72.9 Å². The number of nitrogens with one attached hydrogen (secondary N) is 1. The molecule has 0 saturated heterocycles. The van der Waals surface area contributed by atoms with E-state index in [9.17, 15) is 24.2 Å². The van der Waals surface area contributed by atoms with E-state index in [1.165, 1.54) is 135 Å². The first-order valence-electron chi connectivity index (χ1n) is 25.9. The van der Waals surface area contributed by atoms with Gasteiger partial charge in [-0.25, -0.2) is 4.57 Å². The van der Waals surface area contributed by atoms with Gasteiger partial charge in [-0.2, -0.15) is 0 Å². The average Bonchev–Trinajstić information content (AvgIpc) is 3.28. The maximum absolute atomic E-state index is 12.1. The van der Waals surface area contributed by atoms with Crippen LogP contribution in [0.15, 0.2) is 72.9 Å². The summed E-state index contributed by atoms with van der Waals surface area (Å²) < 4.78 is 26.9. The highest BCUT2D eigenvalue weighted by Gasteiger charge is 2.23. The highest BCUT2D eigenvalue weighted by atomic mass is 31.2. The Balaban J connectivity index is 3.61. The maximum Gasteiger partial charge on any atom is 0.472 e. The first-order valence-corrected chi connectivity index (χ1v) is 27.4. The molecule has 0 fully saturated rings. The average molecular weight is 918 g/mol. The summed E-state index contributed by atoms with van der Waals surface area (Å²) in [5.74, 6) is -0.599. The van der Waals surface area contributed by atoms with Crippen LogP contribution in [0.1, 0.15) is 226 Å². The van der Waals surface area contributed by atoms with Gasteiger partial charge in [-0.1, -0.05) is 234 Å². The molecule has 0 aliphatic heterocycles. The van der Waals surface area contributed by atoms with Crippen molar-refractivity contribution in [2.24, 2.45) is 0 Å². The predicted octanol–water partition coefficient (Wildman–Crippen LogP) is 15.4. The second-order valence-corrected chi connectivity index (χ2v) is 18.6. The highest BCUT2D eigenvalue weighted by Crippen LogP contribution is 2.42. The van der Waals surface area contributed by atoms with Gasteiger partial charge in [0, 0.05) is 19.4 Å². The van der Waals surface area contributed by atoms with E-state index in [1.807, 2.05) is 12.2 Å². The molecule has 0 heterocycles. The second-order valence-electron chi connectivity index (χ2n) is 17.1. The zero-order valence-electron chi connectivity index (χ0n) is 41.0. The molecule has 2 atom stereocenters. The van der Waals surface area contributed by atoms with Gasteiger partial charge in [-0.3, -0.25) is 18.6 Å². The van der Waals surface area contributed by atoms with E-state index < -0.39 is 26.5 Å². The Morgan fingerprint density at radius 1 is 0.500 bits per heavy atom. The Bertz CT molecular complexity index is 1280. The summed E-state index contributed by atoms with van der Waals surface area (Å²) in [5.41, 5.74) is 0. The number of phosphoric ester groups is 1. The third-order valence-electron chi connectivity index (χ3n) is 10.9. The number of allylic oxidation sites excluding steroid dienone is 12. The van der Waals surface area contributed by atoms with Crippen molar-refractivity contribution in [3.8, 4) is 0 Å². The van der Waals surface area contributed by atoms with E-state index in [2.05, 4.69) is 79.9 Å². The van der Waals surface area contributed by atoms with Crippen LogP contribution in [0.3, 0.4) is 0 Å². The fourth-order valence-corrected chi connectivity index (χ4v) is 7.81. The standard InChI is InChI=1S/C54H96NO8P/c1-3-5-7-9-11-13-15-17-19-21-23-24-25-26-27-29-30-32-34-36-38-40-42-44-46-53(57)55-48-49-62-64(59,60)63-51-52(56)50-61-54(58)47-45-43-41-39-37-35-33-31-28-22-20-18-16-14-12-10-8-6-4-2/h6,8,12,14,18,20,28,31,35,37,41,43,52,56H,3-5,7,9-11,13,15-17,19,21-27,29-30,32-34,36,38-40,42,44-51H2,1-2H3,(H,55,57)(H,59,60)/b8-6-,14-12-,20-18-,31-28-,37-35-,43-41-. The minimum Gasteiger partial charge on any atom is -0.463 e. The molecule has 0 aromatic heterocycles. The normalized spacial score (nSPS) is 13.8. The lowest BCUT2D eigenvalue weighted by atomic mass is 10.0. The summed E-state index contributed by atoms with van der Waals surface area (Å²) in [5, 5.41) is 12.7. The van der Waals surface area contributed by atoms with Crippen molar-refractivity contribution >= 4 is 19.7 Å². The van der Waals surface area contributed by atoms with Crippen LogP contribution >= 0.6 is 7.82 Å². The van der Waals surface area contributed by atoms with Crippen LogP contribution in [0.2, 0.25) is 0 Å². The molecule has 0 saturated carbocycles. The van der Waals surface area contributed by atoms with Crippen molar-refractivity contribution in [1.29, 1.82) is 0 Å². The number of unbranched alkanes of at least 4 members (excludes halogenated alkanes) is 23. The van der Waals surface area contributed by atoms with Gasteiger partial charge in [0.2, 0.25) is 5.91 Å². The van der Waals surface area contributed by atoms with Gasteiger partial charge < -0.3 is 20.1 Å². The van der Waals surface area contributed by atoms with Gasteiger partial charge in [0.25, 0.3) is 0 Å². The van der Waals surface area contributed by atoms with E-state index in [-0.39, 0.29) is 32.1 Å². The van der Waals surface area contributed by atoms with Gasteiger partial charge in [0.05, 0.1) is 13.2 Å². The van der Waals surface area contributed by atoms with Crippen LogP contribution in [-0.2, 0) is 27.9 Å². The zero-order chi connectivity index (χ0) is 46.7. The van der Waals surface area contributed by atoms with Crippen molar-refractivity contribution in [1.82, 2.24) is 5.32 Å². The smallest absolute Gasteiger partial charge is 0.463 e. The SMILES string of the molecule is CC/C=C\C/C=C\C/C=C\C/C=C\C/C=C\C/C=C\CCC(=O)OCC(O)COP(=O)(O)OCCNC(=O)CCCCCCCCCCCCCCCCCCCCCCCCCC. The van der Waals surface area contributed by atoms with E-state index in [4.69, 9.17) is 13.8 Å². The maximum atomic E-state index is 12.1. The number of carbonyl (C=O) groups excluding carboxylic acids is 2. The van der Waals surface area contributed by atoms with E-state index in [0.29, 0.717) is 12.8 Å². The first-order chi connectivity index (χ1) is 31.3. The fourth-order valence-electron chi connectivity index (χ4n) is 7.06. The number of amides is 1. The van der Waals surface area contributed by atoms with E-state index >= 15 is 0 Å². The van der Waals surface area contributed by atoms with Crippen molar-refractivity contribution in [3.63, 3.8) is 0 Å². The second kappa shape index (κ2) is 49.9. The monoisotopic (exact) mass is 918 g/mol. The van der Waals surface area contributed by atoms with E-state index in [0.717, 1.165) is 57.8 Å². The molecule has 0 aromatic rings. The summed E-state index contributed by atoms with van der Waals surface area (Å²) in [4.78, 5) is 34.0. The largest absolute Gasteiger partial charge is 0.472 e. The Kier molecular flexibility index (Phi) is 47.9. The van der Waals surface area contributed by atoms with Crippen molar-refractivity contribution in [2.75, 3.05) is 26.4 Å². The van der Waals surface area contributed by atoms with Crippen molar-refractivity contribution in [2.45, 2.75) is 232 Å². The molecule has 370 valence electrons. The molecule has 0 rings (SSSR count). The molecule has 3 N–H and O–H groups in total. The Morgan fingerprint density at radius 3 is 1.28 bits per heavy atom. The summed E-state index contributed by atoms with van der Waals surface area (Å²) in [6.07, 6.45) is 63.0. The zero-order valence-corrected chi connectivity index (χ0v) is 41.9. The van der Waals surface area contributed by atoms with Crippen LogP contribution in [-0.4, -0.2) is 54.3 Å². The molecule has 0 spiro atoms. The molecule has 0 aromatic carbocycles. The number of ether oxygens (including phenoxy) is 1. The van der Waals surface area contributed by atoms with Gasteiger partial charge in [-0.15, -0.1) is 0 Å². The Morgan fingerprint density at radius 2 is 0.875 bits per heavy atom. The number of esters is 1. The molecule has 9 nitrogen and oxygen atoms in total. The van der Waals surface area contributed by atoms with Crippen LogP contribution < -0.4 is 5.32 Å². The van der Waals surface area contributed by atoms with Crippen molar-refractivity contribution < 1.29 is 37.9 Å². The number of hydrogen-bond acceptors (Lipinski definition) is 7. The Hall–Kier alpha value is -2.55. The molecular weight excluding hydrogens is 822 g/mol. The summed E-state index contributed by atoms with van der Waals surface area (Å²) >= 11 is 0. The molecule has 64 heavy (non-hydrogen) atoms.